The van der Waals surface area contributed by atoms with Gasteiger partial charge in [-0.25, -0.2) is 0 Å². The fourth-order valence-corrected chi connectivity index (χ4v) is 12.9. The predicted octanol–water partition coefficient (Wildman–Crippen LogP) is 9.13. The van der Waals surface area contributed by atoms with Crippen molar-refractivity contribution in [3.05, 3.63) is 133 Å². The maximum atomic E-state index is 2.51. The van der Waals surface area contributed by atoms with Crippen LogP contribution in [0.4, 0.5) is 0 Å². The first-order valence-corrected chi connectivity index (χ1v) is 18.6. The van der Waals surface area contributed by atoms with E-state index >= 15 is 0 Å². The van der Waals surface area contributed by atoms with Gasteiger partial charge in [-0.15, -0.1) is 0 Å². The minimum absolute atomic E-state index is 0.765. The summed E-state index contributed by atoms with van der Waals surface area (Å²) in [6, 6.07) is 53.9. The Bertz CT molecular complexity index is 1710. The van der Waals surface area contributed by atoms with Crippen molar-refractivity contribution in [3.8, 4) is 11.1 Å². The Morgan fingerprint density at radius 1 is 0.450 bits per heavy atom. The van der Waals surface area contributed by atoms with Crippen LogP contribution in [0.15, 0.2) is 133 Å². The zero-order valence-electron chi connectivity index (χ0n) is 23.8. The van der Waals surface area contributed by atoms with Crippen LogP contribution in [0.3, 0.4) is 0 Å². The van der Waals surface area contributed by atoms with Gasteiger partial charge in [0.1, 0.15) is 0 Å². The molecular weight excluding hydrogens is 515 g/mol. The van der Waals surface area contributed by atoms with Crippen LogP contribution in [0.2, 0.25) is 18.1 Å². The van der Waals surface area contributed by atoms with E-state index in [1.165, 1.54) is 66.7 Å². The van der Waals surface area contributed by atoms with Crippen molar-refractivity contribution in [3.63, 3.8) is 0 Å². The Labute approximate surface area is 241 Å². The normalized spacial score (nSPS) is 11.9. The molecule has 0 saturated carbocycles. The van der Waals surface area contributed by atoms with E-state index in [1.54, 1.807) is 5.19 Å². The molecule has 0 nitrogen and oxygen atoms in total. The third-order valence-electron chi connectivity index (χ3n) is 8.96. The third kappa shape index (κ3) is 4.62. The Morgan fingerprint density at radius 3 is 1.43 bits per heavy atom. The lowest BCUT2D eigenvalue weighted by Crippen LogP contribution is -2.47. The number of hydrogen-bond donors (Lipinski definition) is 0. The molecule has 0 saturated heterocycles. The SMILES string of the molecule is CC[Si](CC)(CC)c1ccc2ccccc2c1-c1c(P(c2ccccc2)c2ccccc2)ccc2ccccc12. The molecule has 0 radical (unpaired) electrons. The van der Waals surface area contributed by atoms with Crippen molar-refractivity contribution >= 4 is 58.6 Å². The van der Waals surface area contributed by atoms with Gasteiger partial charge in [-0.1, -0.05) is 178 Å². The van der Waals surface area contributed by atoms with Crippen LogP contribution in [-0.4, -0.2) is 8.07 Å². The lowest BCUT2D eigenvalue weighted by Gasteiger charge is -2.33. The van der Waals surface area contributed by atoms with Crippen LogP contribution in [0.25, 0.3) is 32.7 Å². The highest BCUT2D eigenvalue weighted by atomic mass is 31.1. The summed E-state index contributed by atoms with van der Waals surface area (Å²) in [6.45, 7) is 7.30. The molecule has 0 atom stereocenters. The molecule has 6 aromatic carbocycles. The second-order valence-electron chi connectivity index (χ2n) is 10.7. The summed E-state index contributed by atoms with van der Waals surface area (Å²) >= 11 is 0. The van der Waals surface area contributed by atoms with Crippen LogP contribution >= 0.6 is 7.92 Å². The largest absolute Gasteiger partial charge is 0.0867 e. The van der Waals surface area contributed by atoms with Gasteiger partial charge >= 0.3 is 0 Å². The summed E-state index contributed by atoms with van der Waals surface area (Å²) in [5.41, 5.74) is 2.93. The van der Waals surface area contributed by atoms with Crippen LogP contribution in [0.5, 0.6) is 0 Å². The molecular formula is C38H37PSi. The summed E-state index contributed by atoms with van der Waals surface area (Å²) in [5.74, 6) is 0. The Balaban J connectivity index is 1.80. The molecule has 0 aliphatic heterocycles. The lowest BCUT2D eigenvalue weighted by molar-refractivity contribution is 1.20. The minimum Gasteiger partial charge on any atom is -0.0675 e. The molecule has 40 heavy (non-hydrogen) atoms. The second kappa shape index (κ2) is 11.5. The summed E-state index contributed by atoms with van der Waals surface area (Å²) in [4.78, 5) is 0. The Hall–Kier alpha value is -3.51. The molecule has 198 valence electrons. The number of hydrogen-bond acceptors (Lipinski definition) is 0. The van der Waals surface area contributed by atoms with Crippen LogP contribution in [0, 0.1) is 0 Å². The average Bonchev–Trinajstić information content (AvgIpc) is 3.03. The molecule has 0 bridgehead atoms. The molecule has 0 spiro atoms. The molecule has 0 aromatic heterocycles. The summed E-state index contributed by atoms with van der Waals surface area (Å²) in [5, 5.41) is 11.3. The minimum atomic E-state index is -1.73. The zero-order valence-corrected chi connectivity index (χ0v) is 25.7. The van der Waals surface area contributed by atoms with Gasteiger partial charge in [-0.3, -0.25) is 0 Å². The molecule has 6 rings (SSSR count). The van der Waals surface area contributed by atoms with Crippen LogP contribution < -0.4 is 21.1 Å². The van der Waals surface area contributed by atoms with E-state index in [2.05, 4.69) is 154 Å². The van der Waals surface area contributed by atoms with Gasteiger partial charge in [-0.2, -0.15) is 0 Å². The highest BCUT2D eigenvalue weighted by molar-refractivity contribution is 7.80. The van der Waals surface area contributed by atoms with Gasteiger partial charge in [0, 0.05) is 0 Å². The summed E-state index contributed by atoms with van der Waals surface area (Å²) < 4.78 is 0. The molecule has 0 heterocycles. The number of benzene rings is 6. The molecule has 0 aliphatic carbocycles. The monoisotopic (exact) mass is 552 g/mol. The smallest absolute Gasteiger partial charge is 0.0675 e. The number of fused-ring (bicyclic) bond motifs is 2. The van der Waals surface area contributed by atoms with Gasteiger partial charge in [0.2, 0.25) is 0 Å². The summed E-state index contributed by atoms with van der Waals surface area (Å²) in [7, 11) is -2.50. The van der Waals surface area contributed by atoms with E-state index in [9.17, 15) is 0 Å². The number of rotatable bonds is 8. The Kier molecular flexibility index (Phi) is 7.70. The van der Waals surface area contributed by atoms with Crippen LogP contribution in [-0.2, 0) is 0 Å². The van der Waals surface area contributed by atoms with Gasteiger partial charge in [0.15, 0.2) is 0 Å². The summed E-state index contributed by atoms with van der Waals surface area (Å²) in [6.07, 6.45) is 0. The maximum Gasteiger partial charge on any atom is 0.0867 e. The van der Waals surface area contributed by atoms with Gasteiger partial charge in [0.05, 0.1) is 8.07 Å². The van der Waals surface area contributed by atoms with Crippen molar-refractivity contribution in [2.45, 2.75) is 38.9 Å². The first-order valence-electron chi connectivity index (χ1n) is 14.7. The first kappa shape index (κ1) is 26.7. The van der Waals surface area contributed by atoms with Crippen molar-refractivity contribution in [1.29, 1.82) is 0 Å². The van der Waals surface area contributed by atoms with Crippen molar-refractivity contribution in [1.82, 2.24) is 0 Å². The molecule has 0 fully saturated rings. The highest BCUT2D eigenvalue weighted by Crippen LogP contribution is 2.42. The molecule has 0 N–H and O–H groups in total. The van der Waals surface area contributed by atoms with E-state index in [0.717, 1.165) is 0 Å². The molecule has 0 unspecified atom stereocenters. The quantitative estimate of drug-likeness (QED) is 0.130. The third-order valence-corrected chi connectivity index (χ3v) is 17.1. The zero-order chi connectivity index (χ0) is 27.5. The van der Waals surface area contributed by atoms with Gasteiger partial charge < -0.3 is 0 Å². The highest BCUT2D eigenvalue weighted by Gasteiger charge is 2.34. The van der Waals surface area contributed by atoms with Crippen LogP contribution in [0.1, 0.15) is 20.8 Å². The topological polar surface area (TPSA) is 0 Å². The van der Waals surface area contributed by atoms with E-state index in [0.29, 0.717) is 0 Å². The average molecular weight is 553 g/mol. The lowest BCUT2D eigenvalue weighted by atomic mass is 9.93. The van der Waals surface area contributed by atoms with Crippen molar-refractivity contribution in [2.75, 3.05) is 0 Å². The van der Waals surface area contributed by atoms with E-state index in [4.69, 9.17) is 0 Å². The molecule has 0 aliphatic rings. The molecule has 0 amide bonds. The fraction of sp³-hybridized carbons (Fsp3) is 0.158. The van der Waals surface area contributed by atoms with E-state index < -0.39 is 16.0 Å². The van der Waals surface area contributed by atoms with Gasteiger partial charge in [-0.05, 0) is 56.5 Å². The molecule has 6 aromatic rings. The van der Waals surface area contributed by atoms with Crippen molar-refractivity contribution in [2.24, 2.45) is 0 Å². The first-order chi connectivity index (χ1) is 19.7. The maximum absolute atomic E-state index is 2.51. The standard InChI is InChI=1S/C38H37PSi/c1-4-40(5-2,6-3)36-28-26-30-18-14-16-24-34(30)38(36)37-33-23-15-13-17-29(33)25-27-35(37)39(31-19-9-7-10-20-31)32-21-11-8-12-22-32/h7-28H,4-6H2,1-3H3. The molecule has 2 heteroatoms. The fourth-order valence-electron chi connectivity index (χ4n) is 6.59. The second-order valence-corrected chi connectivity index (χ2v) is 18.1. The van der Waals surface area contributed by atoms with Gasteiger partial charge in [0.25, 0.3) is 0 Å². The predicted molar refractivity (Wildman–Crippen MR) is 182 cm³/mol. The Morgan fingerprint density at radius 2 is 0.900 bits per heavy atom. The van der Waals surface area contributed by atoms with Crippen molar-refractivity contribution < 1.29 is 0 Å². The van der Waals surface area contributed by atoms with E-state index in [1.807, 2.05) is 0 Å². The van der Waals surface area contributed by atoms with E-state index in [-0.39, 0.29) is 0 Å².